The third-order valence-corrected chi connectivity index (χ3v) is 3.84. The minimum atomic E-state index is 0.127. The molecule has 0 fully saturated rings. The van der Waals surface area contributed by atoms with E-state index in [2.05, 4.69) is 0 Å². The second kappa shape index (κ2) is 6.38. The lowest BCUT2D eigenvalue weighted by Crippen LogP contribution is -2.00. The summed E-state index contributed by atoms with van der Waals surface area (Å²) in [6.07, 6.45) is 1.22. The van der Waals surface area contributed by atoms with Crippen molar-refractivity contribution in [3.05, 3.63) is 46.2 Å². The van der Waals surface area contributed by atoms with Crippen LogP contribution in [0.3, 0.4) is 0 Å². The van der Waals surface area contributed by atoms with Gasteiger partial charge in [0, 0.05) is 6.42 Å². The van der Waals surface area contributed by atoms with E-state index in [-0.39, 0.29) is 5.78 Å². The van der Waals surface area contributed by atoms with Crippen LogP contribution in [0.5, 0.6) is 11.5 Å². The second-order valence-corrected chi connectivity index (χ2v) is 5.01. The van der Waals surface area contributed by atoms with Gasteiger partial charge in [-0.2, -0.15) is 0 Å². The molecule has 0 aliphatic heterocycles. The Morgan fingerprint density at radius 2 is 1.84 bits per heavy atom. The molecule has 0 bridgehead atoms. The monoisotopic (exact) mass is 276 g/mol. The highest BCUT2D eigenvalue weighted by Crippen LogP contribution is 2.26. The summed E-state index contributed by atoms with van der Waals surface area (Å²) >= 11 is 1.43. The molecular weight excluding hydrogens is 260 g/mol. The van der Waals surface area contributed by atoms with Gasteiger partial charge < -0.3 is 9.47 Å². The van der Waals surface area contributed by atoms with Crippen LogP contribution in [0.1, 0.15) is 21.7 Å². The first-order valence-electron chi connectivity index (χ1n) is 6.02. The van der Waals surface area contributed by atoms with Gasteiger partial charge in [0.15, 0.2) is 5.78 Å². The minimum absolute atomic E-state index is 0.127. The van der Waals surface area contributed by atoms with E-state index in [1.165, 1.54) is 11.3 Å². The first-order valence-corrected chi connectivity index (χ1v) is 6.90. The maximum atomic E-state index is 12.1. The number of ether oxygens (including phenoxy) is 2. The maximum Gasteiger partial charge on any atom is 0.176 e. The van der Waals surface area contributed by atoms with E-state index >= 15 is 0 Å². The molecule has 0 radical (unpaired) electrons. The zero-order chi connectivity index (χ0) is 13.7. The first kappa shape index (κ1) is 13.6. The predicted molar refractivity (Wildman–Crippen MR) is 76.5 cm³/mol. The fourth-order valence-corrected chi connectivity index (χ4v) is 2.65. The van der Waals surface area contributed by atoms with Crippen molar-refractivity contribution in [3.63, 3.8) is 0 Å². The van der Waals surface area contributed by atoms with Gasteiger partial charge in [-0.15, -0.1) is 11.3 Å². The average Bonchev–Trinajstić information content (AvgIpc) is 2.93. The number of carbonyl (C=O) groups is 1. The molecule has 2 aromatic rings. The van der Waals surface area contributed by atoms with Crippen molar-refractivity contribution in [2.75, 3.05) is 14.2 Å². The highest BCUT2D eigenvalue weighted by Gasteiger charge is 2.13. The van der Waals surface area contributed by atoms with Crippen LogP contribution in [0.2, 0.25) is 0 Å². The van der Waals surface area contributed by atoms with Gasteiger partial charge in [-0.1, -0.05) is 12.1 Å². The van der Waals surface area contributed by atoms with Crippen LogP contribution < -0.4 is 9.47 Å². The Morgan fingerprint density at radius 3 is 2.47 bits per heavy atom. The zero-order valence-electron chi connectivity index (χ0n) is 11.0. The standard InChI is InChI=1S/C15H16O3S/c1-17-12-6-3-11(4-7-12)5-8-13(16)15-14(18-2)9-10-19-15/h3-4,6-7,9-10H,5,8H2,1-2H3. The zero-order valence-corrected chi connectivity index (χ0v) is 11.8. The fraction of sp³-hybridized carbons (Fsp3) is 0.267. The van der Waals surface area contributed by atoms with Gasteiger partial charge in [0.05, 0.1) is 14.2 Å². The largest absolute Gasteiger partial charge is 0.497 e. The molecule has 0 aliphatic carbocycles. The van der Waals surface area contributed by atoms with Crippen molar-refractivity contribution in [1.82, 2.24) is 0 Å². The van der Waals surface area contributed by atoms with Gasteiger partial charge in [-0.3, -0.25) is 4.79 Å². The van der Waals surface area contributed by atoms with E-state index in [0.29, 0.717) is 17.0 Å². The lowest BCUT2D eigenvalue weighted by atomic mass is 10.1. The van der Waals surface area contributed by atoms with Gasteiger partial charge >= 0.3 is 0 Å². The van der Waals surface area contributed by atoms with E-state index in [0.717, 1.165) is 17.7 Å². The number of thiophene rings is 1. The van der Waals surface area contributed by atoms with E-state index in [1.54, 1.807) is 14.2 Å². The number of hydrogen-bond acceptors (Lipinski definition) is 4. The second-order valence-electron chi connectivity index (χ2n) is 4.09. The number of aryl methyl sites for hydroxylation is 1. The molecule has 0 aliphatic rings. The molecule has 19 heavy (non-hydrogen) atoms. The van der Waals surface area contributed by atoms with Gasteiger partial charge in [0.25, 0.3) is 0 Å². The van der Waals surface area contributed by atoms with Gasteiger partial charge in [0.2, 0.25) is 0 Å². The molecule has 0 saturated heterocycles. The van der Waals surface area contributed by atoms with Crippen LogP contribution in [0, 0.1) is 0 Å². The van der Waals surface area contributed by atoms with E-state index < -0.39 is 0 Å². The molecule has 2 rings (SSSR count). The number of rotatable bonds is 6. The van der Waals surface area contributed by atoms with Crippen molar-refractivity contribution in [3.8, 4) is 11.5 Å². The number of ketones is 1. The minimum Gasteiger partial charge on any atom is -0.497 e. The van der Waals surface area contributed by atoms with Crippen LogP contribution in [0.4, 0.5) is 0 Å². The molecule has 1 aromatic heterocycles. The number of methoxy groups -OCH3 is 2. The van der Waals surface area contributed by atoms with Gasteiger partial charge in [-0.25, -0.2) is 0 Å². The lowest BCUT2D eigenvalue weighted by Gasteiger charge is -2.04. The van der Waals surface area contributed by atoms with Crippen LogP contribution in [-0.4, -0.2) is 20.0 Å². The molecule has 1 heterocycles. The molecule has 0 spiro atoms. The molecule has 0 unspecified atom stereocenters. The topological polar surface area (TPSA) is 35.5 Å². The Labute approximate surface area is 116 Å². The lowest BCUT2D eigenvalue weighted by molar-refractivity contribution is 0.0984. The molecule has 0 amide bonds. The molecule has 0 atom stereocenters. The number of benzene rings is 1. The summed E-state index contributed by atoms with van der Waals surface area (Å²) in [5.41, 5.74) is 1.13. The Bertz CT molecular complexity index is 543. The first-order chi connectivity index (χ1) is 9.24. The van der Waals surface area contributed by atoms with Crippen LogP contribution in [0.15, 0.2) is 35.7 Å². The Kier molecular flexibility index (Phi) is 4.58. The Morgan fingerprint density at radius 1 is 1.11 bits per heavy atom. The van der Waals surface area contributed by atoms with Crippen molar-refractivity contribution in [1.29, 1.82) is 0 Å². The molecular formula is C15H16O3S. The summed E-state index contributed by atoms with van der Waals surface area (Å²) in [6, 6.07) is 9.61. The Balaban J connectivity index is 1.96. The fourth-order valence-electron chi connectivity index (χ4n) is 1.83. The van der Waals surface area contributed by atoms with Crippen LogP contribution in [-0.2, 0) is 6.42 Å². The summed E-state index contributed by atoms with van der Waals surface area (Å²) in [4.78, 5) is 12.8. The quantitative estimate of drug-likeness (QED) is 0.756. The smallest absolute Gasteiger partial charge is 0.176 e. The summed E-state index contributed by atoms with van der Waals surface area (Å²) in [7, 11) is 3.23. The SMILES string of the molecule is COc1ccc(CCC(=O)c2sccc2OC)cc1. The van der Waals surface area contributed by atoms with E-state index in [4.69, 9.17) is 9.47 Å². The third-order valence-electron chi connectivity index (χ3n) is 2.90. The summed E-state index contributed by atoms with van der Waals surface area (Å²) < 4.78 is 10.3. The van der Waals surface area contributed by atoms with Crippen LogP contribution >= 0.6 is 11.3 Å². The van der Waals surface area contributed by atoms with Crippen molar-refractivity contribution in [2.24, 2.45) is 0 Å². The average molecular weight is 276 g/mol. The molecule has 0 saturated carbocycles. The normalized spacial score (nSPS) is 10.2. The molecule has 0 N–H and O–H groups in total. The predicted octanol–water partition coefficient (Wildman–Crippen LogP) is 3.58. The molecule has 4 heteroatoms. The number of carbonyl (C=O) groups excluding carboxylic acids is 1. The number of hydrogen-bond donors (Lipinski definition) is 0. The molecule has 100 valence electrons. The summed E-state index contributed by atoms with van der Waals surface area (Å²) in [5.74, 6) is 1.63. The highest BCUT2D eigenvalue weighted by atomic mass is 32.1. The van der Waals surface area contributed by atoms with Gasteiger partial charge in [-0.05, 0) is 35.6 Å². The van der Waals surface area contributed by atoms with Crippen molar-refractivity contribution in [2.45, 2.75) is 12.8 Å². The van der Waals surface area contributed by atoms with E-state index in [1.807, 2.05) is 35.7 Å². The molecule has 1 aromatic carbocycles. The molecule has 3 nitrogen and oxygen atoms in total. The number of Topliss-reactive ketones (excluding diaryl/α,β-unsaturated/α-hetero) is 1. The van der Waals surface area contributed by atoms with Crippen molar-refractivity contribution >= 4 is 17.1 Å². The third kappa shape index (κ3) is 3.35. The maximum absolute atomic E-state index is 12.1. The van der Waals surface area contributed by atoms with E-state index in [9.17, 15) is 4.79 Å². The Hall–Kier alpha value is -1.81. The van der Waals surface area contributed by atoms with Gasteiger partial charge in [0.1, 0.15) is 16.4 Å². The van der Waals surface area contributed by atoms with Crippen molar-refractivity contribution < 1.29 is 14.3 Å². The highest BCUT2D eigenvalue weighted by molar-refractivity contribution is 7.12. The van der Waals surface area contributed by atoms with Crippen LogP contribution in [0.25, 0.3) is 0 Å². The summed E-state index contributed by atoms with van der Waals surface area (Å²) in [5, 5.41) is 1.87. The summed E-state index contributed by atoms with van der Waals surface area (Å²) in [6.45, 7) is 0.